The van der Waals surface area contributed by atoms with E-state index in [9.17, 15) is 4.79 Å². The van der Waals surface area contributed by atoms with Gasteiger partial charge in [0.2, 0.25) is 0 Å². The van der Waals surface area contributed by atoms with Crippen LogP contribution in [0.5, 0.6) is 5.75 Å². The largest absolute Gasteiger partial charge is 0.495 e. The molecule has 1 heterocycles. The Morgan fingerprint density at radius 2 is 2.29 bits per heavy atom. The minimum atomic E-state index is -0.915. The van der Waals surface area contributed by atoms with Crippen LogP contribution in [-0.4, -0.2) is 18.2 Å². The Labute approximate surface area is 87.3 Å². The van der Waals surface area contributed by atoms with Gasteiger partial charge in [0.05, 0.1) is 7.11 Å². The summed E-state index contributed by atoms with van der Waals surface area (Å²) in [7, 11) is 1.49. The summed E-state index contributed by atoms with van der Waals surface area (Å²) >= 11 is 1.30. The molecule has 0 saturated carbocycles. The predicted octanol–water partition coefficient (Wildman–Crippen LogP) is 2.65. The number of methoxy groups -OCH3 is 1. The van der Waals surface area contributed by atoms with E-state index in [2.05, 4.69) is 13.8 Å². The molecule has 1 aromatic heterocycles. The van der Waals surface area contributed by atoms with Crippen LogP contribution < -0.4 is 4.74 Å². The Hall–Kier alpha value is -1.03. The van der Waals surface area contributed by atoms with Crippen molar-refractivity contribution in [1.29, 1.82) is 0 Å². The van der Waals surface area contributed by atoms with Crippen LogP contribution in [0.15, 0.2) is 6.07 Å². The van der Waals surface area contributed by atoms with Gasteiger partial charge in [-0.05, 0) is 18.4 Å². The van der Waals surface area contributed by atoms with Crippen LogP contribution in [0.2, 0.25) is 0 Å². The van der Waals surface area contributed by atoms with Crippen molar-refractivity contribution in [3.63, 3.8) is 0 Å². The zero-order chi connectivity index (χ0) is 10.7. The van der Waals surface area contributed by atoms with E-state index in [4.69, 9.17) is 9.84 Å². The number of ether oxygens (including phenoxy) is 1. The Bertz CT molecular complexity index is 328. The highest BCUT2D eigenvalue weighted by Crippen LogP contribution is 2.30. The van der Waals surface area contributed by atoms with Gasteiger partial charge < -0.3 is 9.84 Å². The van der Waals surface area contributed by atoms with Crippen molar-refractivity contribution in [3.8, 4) is 5.75 Å². The van der Waals surface area contributed by atoms with Crippen LogP contribution in [0.25, 0.3) is 0 Å². The van der Waals surface area contributed by atoms with Crippen molar-refractivity contribution in [2.24, 2.45) is 5.92 Å². The Kier molecular flexibility index (Phi) is 3.52. The fourth-order valence-corrected chi connectivity index (χ4v) is 2.40. The number of thiophene rings is 1. The third-order valence-corrected chi connectivity index (χ3v) is 2.90. The van der Waals surface area contributed by atoms with Gasteiger partial charge in [-0.1, -0.05) is 13.8 Å². The minimum Gasteiger partial charge on any atom is -0.495 e. The summed E-state index contributed by atoms with van der Waals surface area (Å²) in [5, 5.41) is 8.87. The van der Waals surface area contributed by atoms with Gasteiger partial charge in [0, 0.05) is 4.88 Å². The molecule has 0 saturated heterocycles. The molecule has 0 radical (unpaired) electrons. The van der Waals surface area contributed by atoms with Crippen molar-refractivity contribution < 1.29 is 14.6 Å². The number of aromatic carboxylic acids is 1. The van der Waals surface area contributed by atoms with E-state index >= 15 is 0 Å². The van der Waals surface area contributed by atoms with E-state index in [1.807, 2.05) is 6.07 Å². The molecule has 4 heteroatoms. The third-order valence-electron chi connectivity index (χ3n) is 1.77. The average molecular weight is 214 g/mol. The number of rotatable bonds is 4. The zero-order valence-electron chi connectivity index (χ0n) is 8.53. The summed E-state index contributed by atoms with van der Waals surface area (Å²) in [5.74, 6) is 0.0833. The molecule has 0 aliphatic carbocycles. The summed E-state index contributed by atoms with van der Waals surface area (Å²) in [6.45, 7) is 4.21. The van der Waals surface area contributed by atoms with Gasteiger partial charge in [0.1, 0.15) is 5.75 Å². The highest BCUT2D eigenvalue weighted by Gasteiger charge is 2.16. The maximum atomic E-state index is 10.8. The topological polar surface area (TPSA) is 46.5 Å². The van der Waals surface area contributed by atoms with Gasteiger partial charge >= 0.3 is 5.97 Å². The lowest BCUT2D eigenvalue weighted by molar-refractivity contribution is 0.0699. The standard InChI is InChI=1S/C10H14O3S/c1-6(2)4-7-5-8(13-3)9(14-7)10(11)12/h5-6H,4H2,1-3H3,(H,11,12). The first-order valence-corrected chi connectivity index (χ1v) is 5.26. The van der Waals surface area contributed by atoms with E-state index in [-0.39, 0.29) is 0 Å². The first-order chi connectivity index (χ1) is 6.54. The fourth-order valence-electron chi connectivity index (χ4n) is 1.23. The lowest BCUT2D eigenvalue weighted by Crippen LogP contribution is -1.94. The van der Waals surface area contributed by atoms with Crippen molar-refractivity contribution in [2.75, 3.05) is 7.11 Å². The molecule has 0 atom stereocenters. The summed E-state index contributed by atoms with van der Waals surface area (Å²) in [6, 6.07) is 1.81. The van der Waals surface area contributed by atoms with E-state index in [0.29, 0.717) is 16.5 Å². The number of hydrogen-bond acceptors (Lipinski definition) is 3. The van der Waals surface area contributed by atoms with E-state index < -0.39 is 5.97 Å². The summed E-state index contributed by atoms with van der Waals surface area (Å²) in [5.41, 5.74) is 0. The second-order valence-corrected chi connectivity index (χ2v) is 4.65. The molecule has 0 aromatic carbocycles. The molecule has 78 valence electrons. The Morgan fingerprint density at radius 3 is 2.64 bits per heavy atom. The average Bonchev–Trinajstić information content (AvgIpc) is 2.46. The zero-order valence-corrected chi connectivity index (χ0v) is 9.35. The SMILES string of the molecule is COc1cc(CC(C)C)sc1C(=O)O. The van der Waals surface area contributed by atoms with Crippen LogP contribution in [0.1, 0.15) is 28.4 Å². The van der Waals surface area contributed by atoms with Crippen LogP contribution in [0.4, 0.5) is 0 Å². The highest BCUT2D eigenvalue weighted by molar-refractivity contribution is 7.14. The molecule has 0 aliphatic rings. The Morgan fingerprint density at radius 1 is 1.64 bits per heavy atom. The molecule has 0 fully saturated rings. The van der Waals surface area contributed by atoms with E-state index in [1.165, 1.54) is 18.4 Å². The molecule has 1 N–H and O–H groups in total. The van der Waals surface area contributed by atoms with Gasteiger partial charge in [0.15, 0.2) is 4.88 Å². The summed E-state index contributed by atoms with van der Waals surface area (Å²) in [6.07, 6.45) is 0.897. The van der Waals surface area contributed by atoms with Crippen molar-refractivity contribution in [1.82, 2.24) is 0 Å². The predicted molar refractivity (Wildman–Crippen MR) is 56.4 cm³/mol. The second kappa shape index (κ2) is 4.46. The smallest absolute Gasteiger partial charge is 0.349 e. The normalized spacial score (nSPS) is 10.6. The number of carbonyl (C=O) groups is 1. The monoisotopic (exact) mass is 214 g/mol. The molecule has 0 aliphatic heterocycles. The van der Waals surface area contributed by atoms with Gasteiger partial charge in [-0.25, -0.2) is 4.79 Å². The lowest BCUT2D eigenvalue weighted by Gasteiger charge is -1.98. The van der Waals surface area contributed by atoms with Crippen LogP contribution in [0.3, 0.4) is 0 Å². The lowest BCUT2D eigenvalue weighted by atomic mass is 10.1. The van der Waals surface area contributed by atoms with Gasteiger partial charge in [0.25, 0.3) is 0 Å². The van der Waals surface area contributed by atoms with E-state index in [0.717, 1.165) is 11.3 Å². The Balaban J connectivity index is 2.94. The molecule has 0 unspecified atom stereocenters. The van der Waals surface area contributed by atoms with E-state index in [1.54, 1.807) is 0 Å². The second-order valence-electron chi connectivity index (χ2n) is 3.51. The molecule has 0 spiro atoms. The molecule has 0 amide bonds. The minimum absolute atomic E-state index is 0.295. The number of carboxylic acid groups (broad SMARTS) is 1. The van der Waals surface area contributed by atoms with Gasteiger partial charge in [-0.15, -0.1) is 11.3 Å². The van der Waals surface area contributed by atoms with Crippen LogP contribution in [-0.2, 0) is 6.42 Å². The molecule has 3 nitrogen and oxygen atoms in total. The van der Waals surface area contributed by atoms with Gasteiger partial charge in [-0.3, -0.25) is 0 Å². The number of carboxylic acids is 1. The molecule has 1 aromatic rings. The van der Waals surface area contributed by atoms with Crippen LogP contribution in [0, 0.1) is 5.92 Å². The third kappa shape index (κ3) is 2.48. The molecular weight excluding hydrogens is 200 g/mol. The number of hydrogen-bond donors (Lipinski definition) is 1. The fraction of sp³-hybridized carbons (Fsp3) is 0.500. The first kappa shape index (κ1) is 11.0. The molecule has 14 heavy (non-hydrogen) atoms. The highest BCUT2D eigenvalue weighted by atomic mass is 32.1. The summed E-state index contributed by atoms with van der Waals surface area (Å²) in [4.78, 5) is 12.2. The van der Waals surface area contributed by atoms with Crippen LogP contribution >= 0.6 is 11.3 Å². The molecule has 0 bridgehead atoms. The first-order valence-electron chi connectivity index (χ1n) is 4.44. The van der Waals surface area contributed by atoms with Gasteiger partial charge in [-0.2, -0.15) is 0 Å². The van der Waals surface area contributed by atoms with Crippen molar-refractivity contribution >= 4 is 17.3 Å². The van der Waals surface area contributed by atoms with Crippen molar-refractivity contribution in [3.05, 3.63) is 15.8 Å². The quantitative estimate of drug-likeness (QED) is 0.838. The molecular formula is C10H14O3S. The maximum Gasteiger partial charge on any atom is 0.349 e. The maximum absolute atomic E-state index is 10.8. The van der Waals surface area contributed by atoms with Crippen molar-refractivity contribution in [2.45, 2.75) is 20.3 Å². The molecule has 1 rings (SSSR count). The summed E-state index contributed by atoms with van der Waals surface area (Å²) < 4.78 is 5.00.